The smallest absolute Gasteiger partial charge is 0.203 e. The van der Waals surface area contributed by atoms with E-state index >= 15 is 0 Å². The number of nitrogens with zero attached hydrogens (tertiary/aromatic N) is 1. The molecule has 0 aliphatic rings. The van der Waals surface area contributed by atoms with E-state index in [1.165, 1.54) is 30.3 Å². The van der Waals surface area contributed by atoms with E-state index in [0.29, 0.717) is 17.9 Å². The van der Waals surface area contributed by atoms with E-state index in [2.05, 4.69) is 0 Å². The summed E-state index contributed by atoms with van der Waals surface area (Å²) < 4.78 is 18.4. The molecule has 0 radical (unpaired) electrons. The number of hydrogen-bond donors (Lipinski definition) is 0. The number of halogens is 1. The van der Waals surface area contributed by atoms with Gasteiger partial charge in [0.2, 0.25) is 5.78 Å². The molecule has 0 N–H and O–H groups in total. The molecule has 0 atom stereocenters. The molecular weight excluding hydrogens is 281 g/mol. The van der Waals surface area contributed by atoms with Crippen LogP contribution in [0.5, 0.6) is 5.75 Å². The van der Waals surface area contributed by atoms with E-state index in [0.717, 1.165) is 0 Å². The first-order chi connectivity index (χ1) is 10.7. The number of benzene rings is 2. The van der Waals surface area contributed by atoms with Gasteiger partial charge in [0.1, 0.15) is 23.2 Å². The molecule has 0 unspecified atom stereocenters. The van der Waals surface area contributed by atoms with Crippen molar-refractivity contribution in [2.24, 2.45) is 0 Å². The predicted molar refractivity (Wildman–Crippen MR) is 81.9 cm³/mol. The van der Waals surface area contributed by atoms with Gasteiger partial charge >= 0.3 is 0 Å². The molecule has 22 heavy (non-hydrogen) atoms. The minimum atomic E-state index is -0.450. The lowest BCUT2D eigenvalue weighted by atomic mass is 10.0. The van der Waals surface area contributed by atoms with Crippen LogP contribution in [0.1, 0.15) is 22.8 Å². The van der Waals surface area contributed by atoms with Crippen LogP contribution < -0.4 is 4.74 Å². The number of para-hydroxylation sites is 1. The van der Waals surface area contributed by atoms with Crippen LogP contribution in [0.25, 0.3) is 6.08 Å². The van der Waals surface area contributed by atoms with E-state index in [1.807, 2.05) is 19.1 Å². The molecule has 0 bridgehead atoms. The highest BCUT2D eigenvalue weighted by Gasteiger charge is 2.13. The lowest BCUT2D eigenvalue weighted by Gasteiger charge is -2.07. The van der Waals surface area contributed by atoms with Crippen molar-refractivity contribution in [3.05, 3.63) is 71.0 Å². The van der Waals surface area contributed by atoms with Crippen molar-refractivity contribution in [3.63, 3.8) is 0 Å². The van der Waals surface area contributed by atoms with Gasteiger partial charge in [-0.1, -0.05) is 18.2 Å². The second-order valence-electron chi connectivity index (χ2n) is 4.48. The zero-order chi connectivity index (χ0) is 15.9. The Morgan fingerprint density at radius 1 is 1.23 bits per heavy atom. The van der Waals surface area contributed by atoms with Crippen molar-refractivity contribution in [2.75, 3.05) is 6.61 Å². The van der Waals surface area contributed by atoms with Crippen molar-refractivity contribution >= 4 is 11.9 Å². The Hall–Kier alpha value is -2.93. The van der Waals surface area contributed by atoms with Gasteiger partial charge in [-0.25, -0.2) is 4.39 Å². The number of ketones is 1. The standard InChI is InChI=1S/C18H14FNO2/c1-2-22-17-6-4-3-5-14(17)11-15(12-20)18(21)13-7-9-16(19)10-8-13/h3-11H,2H2,1H3/b15-11+. The van der Waals surface area contributed by atoms with Crippen LogP contribution in [0.3, 0.4) is 0 Å². The first kappa shape index (κ1) is 15.5. The molecule has 0 aliphatic carbocycles. The van der Waals surface area contributed by atoms with Crippen molar-refractivity contribution < 1.29 is 13.9 Å². The van der Waals surface area contributed by atoms with E-state index < -0.39 is 11.6 Å². The number of carbonyl (C=O) groups is 1. The number of allylic oxidation sites excluding steroid dienone is 1. The van der Waals surface area contributed by atoms with Gasteiger partial charge in [0, 0.05) is 11.1 Å². The summed E-state index contributed by atoms with van der Waals surface area (Å²) >= 11 is 0. The number of hydrogen-bond acceptors (Lipinski definition) is 3. The Morgan fingerprint density at radius 3 is 2.55 bits per heavy atom. The van der Waals surface area contributed by atoms with Gasteiger partial charge in [0.05, 0.1) is 6.61 Å². The molecule has 0 heterocycles. The van der Waals surface area contributed by atoms with E-state index in [4.69, 9.17) is 4.74 Å². The molecule has 2 rings (SSSR count). The quantitative estimate of drug-likeness (QED) is 0.475. The Labute approximate surface area is 128 Å². The van der Waals surface area contributed by atoms with E-state index in [9.17, 15) is 14.4 Å². The Bertz CT molecular complexity index is 742. The van der Waals surface area contributed by atoms with Crippen molar-refractivity contribution in [3.8, 4) is 11.8 Å². The molecule has 0 spiro atoms. The molecular formula is C18H14FNO2. The molecule has 4 heteroatoms. The monoisotopic (exact) mass is 295 g/mol. The average molecular weight is 295 g/mol. The first-order valence-corrected chi connectivity index (χ1v) is 6.79. The summed E-state index contributed by atoms with van der Waals surface area (Å²) in [5.41, 5.74) is 0.887. The number of nitriles is 1. The average Bonchev–Trinajstić information content (AvgIpc) is 2.54. The summed E-state index contributed by atoms with van der Waals surface area (Å²) in [7, 11) is 0. The summed E-state index contributed by atoms with van der Waals surface area (Å²) in [6.07, 6.45) is 1.48. The van der Waals surface area contributed by atoms with Crippen LogP contribution in [0.4, 0.5) is 4.39 Å². The van der Waals surface area contributed by atoms with Gasteiger partial charge in [-0.2, -0.15) is 5.26 Å². The Morgan fingerprint density at radius 2 is 1.91 bits per heavy atom. The van der Waals surface area contributed by atoms with Crippen molar-refractivity contribution in [1.29, 1.82) is 5.26 Å². The maximum atomic E-state index is 12.9. The molecule has 0 saturated carbocycles. The molecule has 0 aliphatic heterocycles. The second kappa shape index (κ2) is 7.19. The number of ether oxygens (including phenoxy) is 1. The summed E-state index contributed by atoms with van der Waals surface area (Å²) in [6, 6.07) is 14.1. The van der Waals surface area contributed by atoms with Crippen molar-refractivity contribution in [2.45, 2.75) is 6.92 Å². The van der Waals surface area contributed by atoms with Gasteiger partial charge < -0.3 is 4.74 Å². The van der Waals surface area contributed by atoms with E-state index in [1.54, 1.807) is 18.2 Å². The van der Waals surface area contributed by atoms with Crippen molar-refractivity contribution in [1.82, 2.24) is 0 Å². The third-order valence-electron chi connectivity index (χ3n) is 2.99. The number of carbonyl (C=O) groups excluding carboxylic acids is 1. The highest BCUT2D eigenvalue weighted by Crippen LogP contribution is 2.22. The third kappa shape index (κ3) is 3.58. The second-order valence-corrected chi connectivity index (χ2v) is 4.48. The molecule has 0 saturated heterocycles. The van der Waals surface area contributed by atoms with Gasteiger partial charge in [-0.05, 0) is 43.3 Å². The summed E-state index contributed by atoms with van der Waals surface area (Å²) in [5, 5.41) is 9.24. The number of rotatable bonds is 5. The molecule has 0 fully saturated rings. The van der Waals surface area contributed by atoms with Crippen LogP contribution in [0, 0.1) is 17.1 Å². The maximum absolute atomic E-state index is 12.9. The van der Waals surface area contributed by atoms with Crippen LogP contribution in [0.2, 0.25) is 0 Å². The fourth-order valence-corrected chi connectivity index (χ4v) is 1.95. The van der Waals surface area contributed by atoms with Crippen LogP contribution in [-0.2, 0) is 0 Å². The molecule has 0 amide bonds. The Kier molecular flexibility index (Phi) is 5.05. The lowest BCUT2D eigenvalue weighted by molar-refractivity contribution is 0.104. The number of Topliss-reactive ketones (excluding diaryl/α,β-unsaturated/α-hetero) is 1. The Balaban J connectivity index is 2.38. The summed E-state index contributed by atoms with van der Waals surface area (Å²) in [4.78, 5) is 12.3. The zero-order valence-electron chi connectivity index (χ0n) is 12.0. The van der Waals surface area contributed by atoms with Gasteiger partial charge in [-0.3, -0.25) is 4.79 Å². The predicted octanol–water partition coefficient (Wildman–Crippen LogP) is 4.01. The molecule has 2 aromatic carbocycles. The highest BCUT2D eigenvalue weighted by molar-refractivity contribution is 6.14. The molecule has 2 aromatic rings. The normalized spacial score (nSPS) is 10.9. The van der Waals surface area contributed by atoms with Gasteiger partial charge in [0.25, 0.3) is 0 Å². The lowest BCUT2D eigenvalue weighted by Crippen LogP contribution is -2.02. The molecule has 0 aromatic heterocycles. The highest BCUT2D eigenvalue weighted by atomic mass is 19.1. The van der Waals surface area contributed by atoms with Gasteiger partial charge in [0.15, 0.2) is 0 Å². The summed E-state index contributed by atoms with van der Waals surface area (Å²) in [6.45, 7) is 2.34. The fourth-order valence-electron chi connectivity index (χ4n) is 1.95. The SMILES string of the molecule is CCOc1ccccc1/C=C(\C#N)C(=O)c1ccc(F)cc1. The van der Waals surface area contributed by atoms with Crippen LogP contribution in [0.15, 0.2) is 54.1 Å². The fraction of sp³-hybridized carbons (Fsp3) is 0.111. The zero-order valence-corrected chi connectivity index (χ0v) is 12.0. The third-order valence-corrected chi connectivity index (χ3v) is 2.99. The molecule has 3 nitrogen and oxygen atoms in total. The minimum Gasteiger partial charge on any atom is -0.493 e. The minimum absolute atomic E-state index is 0.0289. The van der Waals surface area contributed by atoms with Crippen LogP contribution in [-0.4, -0.2) is 12.4 Å². The van der Waals surface area contributed by atoms with Crippen LogP contribution >= 0.6 is 0 Å². The molecule has 110 valence electrons. The van der Waals surface area contributed by atoms with E-state index in [-0.39, 0.29) is 11.1 Å². The maximum Gasteiger partial charge on any atom is 0.203 e. The van der Waals surface area contributed by atoms with Gasteiger partial charge in [-0.15, -0.1) is 0 Å². The summed E-state index contributed by atoms with van der Waals surface area (Å²) in [5.74, 6) is -0.279. The first-order valence-electron chi connectivity index (χ1n) is 6.79. The topological polar surface area (TPSA) is 50.1 Å². The largest absolute Gasteiger partial charge is 0.493 e.